The summed E-state index contributed by atoms with van der Waals surface area (Å²) in [7, 11) is 4.02. The Morgan fingerprint density at radius 2 is 2.14 bits per heavy atom. The van der Waals surface area contributed by atoms with E-state index in [1.165, 1.54) is 0 Å². The second-order valence-corrected chi connectivity index (χ2v) is 7.58. The number of hydrogen-bond donors (Lipinski definition) is 2. The summed E-state index contributed by atoms with van der Waals surface area (Å²) in [5.74, 6) is 0.491. The molecule has 5 nitrogen and oxygen atoms in total. The number of carbonyl (C=O) groups is 1. The van der Waals surface area contributed by atoms with Gasteiger partial charge in [-0.05, 0) is 44.7 Å². The Morgan fingerprint density at radius 1 is 1.52 bits per heavy atom. The lowest BCUT2D eigenvalue weighted by Crippen LogP contribution is -2.53. The number of nitrogens with one attached hydrogen (secondary N) is 1. The van der Waals surface area contributed by atoms with Crippen LogP contribution in [0.25, 0.3) is 0 Å². The summed E-state index contributed by atoms with van der Waals surface area (Å²) in [5, 5.41) is 12.5. The molecule has 1 heterocycles. The molecule has 124 valence electrons. The van der Waals surface area contributed by atoms with E-state index in [9.17, 15) is 9.90 Å². The van der Waals surface area contributed by atoms with Crippen molar-refractivity contribution in [2.24, 2.45) is 11.3 Å². The van der Waals surface area contributed by atoms with Gasteiger partial charge in [-0.1, -0.05) is 20.8 Å². The van der Waals surface area contributed by atoms with Gasteiger partial charge in [0.2, 0.25) is 0 Å². The van der Waals surface area contributed by atoms with Gasteiger partial charge in [0.15, 0.2) is 0 Å². The number of amides is 2. The van der Waals surface area contributed by atoms with Gasteiger partial charge in [-0.3, -0.25) is 0 Å². The lowest BCUT2D eigenvalue weighted by atomic mass is 9.87. The number of nitrogens with zero attached hydrogens (tertiary/aromatic N) is 2. The van der Waals surface area contributed by atoms with E-state index >= 15 is 0 Å². The second-order valence-electron chi connectivity index (χ2n) is 7.58. The average Bonchev–Trinajstić information content (AvgIpc) is 2.33. The molecular formula is C16H33N3O2. The lowest BCUT2D eigenvalue weighted by Gasteiger charge is -2.40. The maximum absolute atomic E-state index is 12.3. The maximum atomic E-state index is 12.3. The van der Waals surface area contributed by atoms with Crippen molar-refractivity contribution in [1.82, 2.24) is 15.1 Å². The molecule has 0 aliphatic carbocycles. The molecular weight excluding hydrogens is 266 g/mol. The van der Waals surface area contributed by atoms with Crippen molar-refractivity contribution in [3.63, 3.8) is 0 Å². The molecule has 5 heteroatoms. The molecule has 2 N–H and O–H groups in total. The van der Waals surface area contributed by atoms with Crippen molar-refractivity contribution >= 4 is 6.03 Å². The van der Waals surface area contributed by atoms with Crippen molar-refractivity contribution < 1.29 is 9.90 Å². The van der Waals surface area contributed by atoms with Crippen LogP contribution in [0.2, 0.25) is 0 Å². The number of aliphatic hydroxyl groups excluding tert-OH is 1. The van der Waals surface area contributed by atoms with Gasteiger partial charge in [0.05, 0.1) is 6.10 Å². The van der Waals surface area contributed by atoms with Gasteiger partial charge < -0.3 is 20.2 Å². The van der Waals surface area contributed by atoms with Crippen molar-refractivity contribution in [2.45, 2.75) is 52.7 Å². The summed E-state index contributed by atoms with van der Waals surface area (Å²) in [6.45, 7) is 10.8. The predicted octanol–water partition coefficient (Wildman–Crippen LogP) is 1.77. The van der Waals surface area contributed by atoms with Crippen LogP contribution in [0.5, 0.6) is 0 Å². The van der Waals surface area contributed by atoms with E-state index < -0.39 is 0 Å². The standard InChI is InChI=1S/C16H33N3O2/c1-12-10-18(5)8-7-14(12)19(6)15(21)17-11-16(3,4)9-13(2)20/h12-14,20H,7-11H2,1-6H3,(H,17,21). The summed E-state index contributed by atoms with van der Waals surface area (Å²) < 4.78 is 0. The first-order valence-corrected chi connectivity index (χ1v) is 7.99. The third kappa shape index (κ3) is 5.83. The Bertz CT molecular complexity index is 344. The van der Waals surface area contributed by atoms with Gasteiger partial charge in [0.25, 0.3) is 0 Å². The highest BCUT2D eigenvalue weighted by atomic mass is 16.3. The number of piperidine rings is 1. The summed E-state index contributed by atoms with van der Waals surface area (Å²) in [6.07, 6.45) is 1.36. The van der Waals surface area contributed by atoms with Crippen molar-refractivity contribution in [3.05, 3.63) is 0 Å². The van der Waals surface area contributed by atoms with Crippen LogP contribution < -0.4 is 5.32 Å². The molecule has 0 bridgehead atoms. The topological polar surface area (TPSA) is 55.8 Å². The van der Waals surface area contributed by atoms with Crippen LogP contribution >= 0.6 is 0 Å². The van der Waals surface area contributed by atoms with Crippen LogP contribution in [0.15, 0.2) is 0 Å². The van der Waals surface area contributed by atoms with Gasteiger partial charge >= 0.3 is 6.03 Å². The fourth-order valence-corrected chi connectivity index (χ4v) is 3.38. The number of likely N-dealkylation sites (tertiary alicyclic amines) is 1. The zero-order valence-corrected chi connectivity index (χ0v) is 14.5. The van der Waals surface area contributed by atoms with Gasteiger partial charge in [0.1, 0.15) is 0 Å². The van der Waals surface area contributed by atoms with Crippen LogP contribution in [0.3, 0.4) is 0 Å². The molecule has 21 heavy (non-hydrogen) atoms. The highest BCUT2D eigenvalue weighted by Crippen LogP contribution is 2.22. The molecule has 1 rings (SSSR count). The highest BCUT2D eigenvalue weighted by molar-refractivity contribution is 5.74. The fraction of sp³-hybridized carbons (Fsp3) is 0.938. The smallest absolute Gasteiger partial charge is 0.317 e. The van der Waals surface area contributed by atoms with Crippen LogP contribution in [-0.2, 0) is 0 Å². The lowest BCUT2D eigenvalue weighted by molar-refractivity contribution is 0.101. The monoisotopic (exact) mass is 299 g/mol. The Labute approximate surface area is 129 Å². The minimum atomic E-state index is -0.344. The number of aliphatic hydroxyl groups is 1. The molecule has 1 aliphatic heterocycles. The summed E-state index contributed by atoms with van der Waals surface area (Å²) in [4.78, 5) is 16.5. The van der Waals surface area contributed by atoms with Crippen molar-refractivity contribution in [2.75, 3.05) is 33.7 Å². The predicted molar refractivity (Wildman–Crippen MR) is 86.3 cm³/mol. The zero-order chi connectivity index (χ0) is 16.2. The van der Waals surface area contributed by atoms with Crippen molar-refractivity contribution in [1.29, 1.82) is 0 Å². The van der Waals surface area contributed by atoms with E-state index in [-0.39, 0.29) is 17.6 Å². The molecule has 0 spiro atoms. The molecule has 3 unspecified atom stereocenters. The molecule has 3 atom stereocenters. The number of hydrogen-bond acceptors (Lipinski definition) is 3. The van der Waals surface area contributed by atoms with Gasteiger partial charge in [0, 0.05) is 26.2 Å². The zero-order valence-electron chi connectivity index (χ0n) is 14.5. The molecule has 0 saturated carbocycles. The number of urea groups is 1. The van der Waals surface area contributed by atoms with Gasteiger partial charge in [-0.2, -0.15) is 0 Å². The molecule has 1 aliphatic rings. The molecule has 0 aromatic carbocycles. The number of rotatable bonds is 5. The summed E-state index contributed by atoms with van der Waals surface area (Å²) >= 11 is 0. The Hall–Kier alpha value is -0.810. The number of carbonyl (C=O) groups excluding carboxylic acids is 1. The fourth-order valence-electron chi connectivity index (χ4n) is 3.38. The molecule has 0 aromatic rings. The van der Waals surface area contributed by atoms with Crippen LogP contribution in [0, 0.1) is 11.3 Å². The summed E-state index contributed by atoms with van der Waals surface area (Å²) in [5.41, 5.74) is -0.0942. The summed E-state index contributed by atoms with van der Waals surface area (Å²) in [6, 6.07) is 0.302. The first-order valence-electron chi connectivity index (χ1n) is 7.99. The molecule has 2 amide bonds. The van der Waals surface area contributed by atoms with E-state index in [4.69, 9.17) is 0 Å². The quantitative estimate of drug-likeness (QED) is 0.813. The van der Waals surface area contributed by atoms with Crippen LogP contribution in [0.1, 0.15) is 40.5 Å². The normalized spacial score (nSPS) is 25.5. The van der Waals surface area contributed by atoms with E-state index in [1.807, 2.05) is 11.9 Å². The van der Waals surface area contributed by atoms with E-state index in [0.717, 1.165) is 19.5 Å². The first kappa shape index (κ1) is 18.2. The largest absolute Gasteiger partial charge is 0.393 e. The maximum Gasteiger partial charge on any atom is 0.317 e. The average molecular weight is 299 g/mol. The first-order chi connectivity index (χ1) is 9.62. The van der Waals surface area contributed by atoms with Gasteiger partial charge in [-0.25, -0.2) is 4.79 Å². The Kier molecular flexibility index (Phi) is 6.47. The van der Waals surface area contributed by atoms with Crippen LogP contribution in [-0.4, -0.2) is 66.8 Å². The second kappa shape index (κ2) is 7.45. The highest BCUT2D eigenvalue weighted by Gasteiger charge is 2.30. The van der Waals surface area contributed by atoms with E-state index in [1.54, 1.807) is 6.92 Å². The molecule has 1 saturated heterocycles. The SMILES string of the molecule is CC(O)CC(C)(C)CNC(=O)N(C)C1CCN(C)CC1C. The molecule has 0 aromatic heterocycles. The third-order valence-corrected chi connectivity index (χ3v) is 4.45. The van der Waals surface area contributed by atoms with E-state index in [2.05, 4.69) is 38.0 Å². The van der Waals surface area contributed by atoms with Crippen molar-refractivity contribution in [3.8, 4) is 0 Å². The molecule has 0 radical (unpaired) electrons. The Morgan fingerprint density at radius 3 is 2.67 bits per heavy atom. The van der Waals surface area contributed by atoms with Crippen LogP contribution in [0.4, 0.5) is 4.79 Å². The Balaban J connectivity index is 2.47. The minimum absolute atomic E-state index is 0.00456. The minimum Gasteiger partial charge on any atom is -0.393 e. The van der Waals surface area contributed by atoms with E-state index in [0.29, 0.717) is 24.9 Å². The third-order valence-electron chi connectivity index (χ3n) is 4.45. The molecule has 1 fully saturated rings. The van der Waals surface area contributed by atoms with Gasteiger partial charge in [-0.15, -0.1) is 0 Å².